The Hall–Kier alpha value is -3.47. The van der Waals surface area contributed by atoms with Gasteiger partial charge in [-0.1, -0.05) is 31.5 Å². The van der Waals surface area contributed by atoms with E-state index in [1.165, 1.54) is 5.56 Å². The number of rotatable bonds is 7. The molecule has 0 aliphatic carbocycles. The minimum atomic E-state index is -0.282. The van der Waals surface area contributed by atoms with Crippen LogP contribution in [0.1, 0.15) is 55.1 Å². The molecule has 5 rings (SSSR count). The number of hydrogen-bond acceptors (Lipinski definition) is 5. The summed E-state index contributed by atoms with van der Waals surface area (Å²) >= 11 is 0. The standard InChI is InChI=1S/C27H28N2O3/c1-3-4-17-31-22-15-9-19(10-16-22)24-18-25-23-7-5-6-8-26(23)32-27(29(25)28-24)20-11-13-21(30-2)14-12-20/h5-16,25,27H,3-4,17-18H2,1-2H3/t25-,27-/m1/s1. The van der Waals surface area contributed by atoms with Gasteiger partial charge in [-0.2, -0.15) is 5.10 Å². The first kappa shape index (κ1) is 20.4. The molecule has 32 heavy (non-hydrogen) atoms. The van der Waals surface area contributed by atoms with E-state index < -0.39 is 0 Å². The molecule has 2 aliphatic rings. The Morgan fingerprint density at radius 1 is 0.969 bits per heavy atom. The Kier molecular flexibility index (Phi) is 5.71. The van der Waals surface area contributed by atoms with E-state index in [2.05, 4.69) is 36.2 Å². The molecule has 5 nitrogen and oxygen atoms in total. The molecule has 0 radical (unpaired) electrons. The lowest BCUT2D eigenvalue weighted by atomic mass is 9.96. The van der Waals surface area contributed by atoms with Gasteiger partial charge in [-0.25, -0.2) is 5.01 Å². The van der Waals surface area contributed by atoms with Crippen molar-refractivity contribution >= 4 is 5.71 Å². The Bertz CT molecular complexity index is 1090. The third kappa shape index (κ3) is 3.91. The molecule has 2 atom stereocenters. The number of unbranched alkanes of at least 4 members (excludes halogenated alkanes) is 1. The van der Waals surface area contributed by atoms with E-state index in [4.69, 9.17) is 19.3 Å². The summed E-state index contributed by atoms with van der Waals surface area (Å²) in [6, 6.07) is 24.7. The van der Waals surface area contributed by atoms with Gasteiger partial charge < -0.3 is 14.2 Å². The van der Waals surface area contributed by atoms with Crippen LogP contribution in [0, 0.1) is 0 Å². The van der Waals surface area contributed by atoms with Gasteiger partial charge >= 0.3 is 0 Å². The first-order valence-electron chi connectivity index (χ1n) is 11.3. The topological polar surface area (TPSA) is 43.3 Å². The molecule has 0 saturated heterocycles. The lowest BCUT2D eigenvalue weighted by Gasteiger charge is -2.38. The number of fused-ring (bicyclic) bond motifs is 3. The lowest BCUT2D eigenvalue weighted by Crippen LogP contribution is -2.33. The van der Waals surface area contributed by atoms with Crippen LogP contribution in [0.5, 0.6) is 17.2 Å². The molecule has 0 bridgehead atoms. The maximum atomic E-state index is 6.42. The monoisotopic (exact) mass is 428 g/mol. The van der Waals surface area contributed by atoms with Crippen molar-refractivity contribution in [3.05, 3.63) is 89.5 Å². The molecule has 5 heteroatoms. The third-order valence-electron chi connectivity index (χ3n) is 6.05. The highest BCUT2D eigenvalue weighted by molar-refractivity contribution is 6.02. The molecule has 2 aliphatic heterocycles. The molecule has 0 unspecified atom stereocenters. The van der Waals surface area contributed by atoms with Crippen molar-refractivity contribution in [3.63, 3.8) is 0 Å². The largest absolute Gasteiger partial charge is 0.497 e. The number of hydrogen-bond donors (Lipinski definition) is 0. The van der Waals surface area contributed by atoms with Crippen LogP contribution in [0.3, 0.4) is 0 Å². The fraction of sp³-hybridized carbons (Fsp3) is 0.296. The number of benzene rings is 3. The minimum Gasteiger partial charge on any atom is -0.497 e. The molecule has 0 saturated carbocycles. The molecular weight excluding hydrogens is 400 g/mol. The van der Waals surface area contributed by atoms with Crippen LogP contribution in [-0.4, -0.2) is 24.4 Å². The van der Waals surface area contributed by atoms with E-state index in [0.717, 1.165) is 60.0 Å². The van der Waals surface area contributed by atoms with E-state index in [0.29, 0.717) is 0 Å². The number of hydrazone groups is 1. The first-order chi connectivity index (χ1) is 15.8. The highest BCUT2D eigenvalue weighted by Gasteiger charge is 2.40. The Morgan fingerprint density at radius 3 is 2.47 bits per heavy atom. The summed E-state index contributed by atoms with van der Waals surface area (Å²) in [5.74, 6) is 2.65. The summed E-state index contributed by atoms with van der Waals surface area (Å²) < 4.78 is 17.6. The predicted octanol–water partition coefficient (Wildman–Crippen LogP) is 6.12. The maximum absolute atomic E-state index is 6.42. The van der Waals surface area contributed by atoms with Crippen molar-refractivity contribution in [1.29, 1.82) is 0 Å². The number of para-hydroxylation sites is 1. The van der Waals surface area contributed by atoms with E-state index in [1.807, 2.05) is 48.5 Å². The first-order valence-corrected chi connectivity index (χ1v) is 11.3. The molecule has 0 N–H and O–H groups in total. The van der Waals surface area contributed by atoms with Gasteiger partial charge in [0.15, 0.2) is 0 Å². The van der Waals surface area contributed by atoms with Crippen molar-refractivity contribution in [2.45, 2.75) is 38.5 Å². The zero-order chi connectivity index (χ0) is 21.9. The van der Waals surface area contributed by atoms with Crippen molar-refractivity contribution < 1.29 is 14.2 Å². The summed E-state index contributed by atoms with van der Waals surface area (Å²) in [7, 11) is 1.68. The maximum Gasteiger partial charge on any atom is 0.213 e. The normalized spacial score (nSPS) is 18.9. The van der Waals surface area contributed by atoms with Gasteiger partial charge in [0.2, 0.25) is 6.23 Å². The van der Waals surface area contributed by atoms with Crippen LogP contribution in [0.4, 0.5) is 0 Å². The fourth-order valence-electron chi connectivity index (χ4n) is 4.28. The highest BCUT2D eigenvalue weighted by Crippen LogP contribution is 2.47. The van der Waals surface area contributed by atoms with Gasteiger partial charge in [-0.3, -0.25) is 0 Å². The summed E-state index contributed by atoms with van der Waals surface area (Å²) in [4.78, 5) is 0. The van der Waals surface area contributed by atoms with E-state index in [9.17, 15) is 0 Å². The molecule has 164 valence electrons. The molecule has 0 amide bonds. The van der Waals surface area contributed by atoms with Crippen molar-refractivity contribution in [3.8, 4) is 17.2 Å². The Balaban J connectivity index is 1.44. The van der Waals surface area contributed by atoms with Crippen LogP contribution in [-0.2, 0) is 0 Å². The van der Waals surface area contributed by atoms with E-state index in [1.54, 1.807) is 7.11 Å². The second-order valence-corrected chi connectivity index (χ2v) is 8.15. The molecule has 0 aromatic heterocycles. The molecule has 3 aromatic rings. The van der Waals surface area contributed by atoms with Crippen LogP contribution in [0.2, 0.25) is 0 Å². The van der Waals surface area contributed by atoms with Crippen molar-refractivity contribution in [2.75, 3.05) is 13.7 Å². The lowest BCUT2D eigenvalue weighted by molar-refractivity contribution is -0.0190. The summed E-state index contributed by atoms with van der Waals surface area (Å²) in [6.45, 7) is 2.92. The quantitative estimate of drug-likeness (QED) is 0.426. The van der Waals surface area contributed by atoms with Crippen molar-refractivity contribution in [2.24, 2.45) is 5.10 Å². The number of ether oxygens (including phenoxy) is 3. The van der Waals surface area contributed by atoms with Gasteiger partial charge in [-0.15, -0.1) is 0 Å². The summed E-state index contributed by atoms with van der Waals surface area (Å²) in [5, 5.41) is 7.14. The fourth-order valence-corrected chi connectivity index (χ4v) is 4.28. The molecule has 3 aromatic carbocycles. The van der Waals surface area contributed by atoms with E-state index >= 15 is 0 Å². The highest BCUT2D eigenvalue weighted by atomic mass is 16.5. The van der Waals surface area contributed by atoms with Gasteiger partial charge in [0, 0.05) is 17.5 Å². The van der Waals surface area contributed by atoms with Gasteiger partial charge in [-0.05, 0) is 66.6 Å². The summed E-state index contributed by atoms with van der Waals surface area (Å²) in [6.07, 6.45) is 2.75. The van der Waals surface area contributed by atoms with Gasteiger partial charge in [0.1, 0.15) is 17.2 Å². The average molecular weight is 429 g/mol. The molecule has 2 heterocycles. The molecule has 0 fully saturated rings. The van der Waals surface area contributed by atoms with Crippen LogP contribution in [0.15, 0.2) is 77.9 Å². The predicted molar refractivity (Wildman–Crippen MR) is 125 cm³/mol. The van der Waals surface area contributed by atoms with Gasteiger partial charge in [0.25, 0.3) is 0 Å². The minimum absolute atomic E-state index is 0.141. The van der Waals surface area contributed by atoms with Gasteiger partial charge in [0.05, 0.1) is 25.5 Å². The third-order valence-corrected chi connectivity index (χ3v) is 6.05. The average Bonchev–Trinajstić information content (AvgIpc) is 3.30. The Labute approximate surface area is 189 Å². The van der Waals surface area contributed by atoms with Crippen molar-refractivity contribution in [1.82, 2.24) is 5.01 Å². The SMILES string of the molecule is CCCCOc1ccc(C2=NN3[C@H](C2)c2ccccc2O[C@@H]3c2ccc(OC)cc2)cc1. The van der Waals surface area contributed by atoms with Crippen LogP contribution >= 0.6 is 0 Å². The number of methoxy groups -OCH3 is 1. The number of nitrogens with zero attached hydrogens (tertiary/aromatic N) is 2. The zero-order valence-corrected chi connectivity index (χ0v) is 18.5. The second-order valence-electron chi connectivity index (χ2n) is 8.15. The van der Waals surface area contributed by atoms with E-state index in [-0.39, 0.29) is 12.3 Å². The molecular formula is C27H28N2O3. The second kappa shape index (κ2) is 8.95. The molecule has 0 spiro atoms. The van der Waals surface area contributed by atoms with Crippen LogP contribution in [0.25, 0.3) is 0 Å². The smallest absolute Gasteiger partial charge is 0.213 e. The zero-order valence-electron chi connectivity index (χ0n) is 18.5. The Morgan fingerprint density at radius 2 is 1.72 bits per heavy atom. The van der Waals surface area contributed by atoms with Crippen LogP contribution < -0.4 is 14.2 Å². The summed E-state index contributed by atoms with van der Waals surface area (Å²) in [5.41, 5.74) is 4.41.